The van der Waals surface area contributed by atoms with Gasteiger partial charge in [-0.05, 0) is 24.3 Å². The van der Waals surface area contributed by atoms with Gasteiger partial charge in [0, 0.05) is 0 Å². The number of aliphatic hydroxyl groups excluding tert-OH is 1. The molecule has 14 heavy (non-hydrogen) atoms. The van der Waals surface area contributed by atoms with Gasteiger partial charge >= 0.3 is 0 Å². The summed E-state index contributed by atoms with van der Waals surface area (Å²) in [6, 6.07) is 9.93. The van der Waals surface area contributed by atoms with Crippen molar-refractivity contribution in [1.29, 1.82) is 0 Å². The summed E-state index contributed by atoms with van der Waals surface area (Å²) < 4.78 is 0. The van der Waals surface area contributed by atoms with Gasteiger partial charge in [0.05, 0.1) is 12.0 Å². The maximum absolute atomic E-state index is 9.50. The zero-order valence-corrected chi connectivity index (χ0v) is 8.11. The van der Waals surface area contributed by atoms with Gasteiger partial charge < -0.3 is 5.11 Å². The maximum Gasteiger partial charge on any atom is 0.0818 e. The van der Waals surface area contributed by atoms with Gasteiger partial charge in [0.2, 0.25) is 0 Å². The number of hydrogen-bond acceptors (Lipinski definition) is 1. The van der Waals surface area contributed by atoms with Gasteiger partial charge in [0.25, 0.3) is 0 Å². The van der Waals surface area contributed by atoms with E-state index in [9.17, 15) is 5.11 Å². The van der Waals surface area contributed by atoms with Crippen LogP contribution >= 0.6 is 0 Å². The van der Waals surface area contributed by atoms with Crippen LogP contribution < -0.4 is 0 Å². The third-order valence-corrected chi connectivity index (χ3v) is 3.07. The molecule has 1 heteroatoms. The highest BCUT2D eigenvalue weighted by atomic mass is 16.3. The minimum atomic E-state index is -0.429. The minimum Gasteiger partial charge on any atom is -0.394 e. The Kier molecular flexibility index (Phi) is 2.31. The minimum absolute atomic E-state index is 0.0537. The van der Waals surface area contributed by atoms with Gasteiger partial charge in [-0.3, -0.25) is 0 Å². The molecule has 1 aliphatic carbocycles. The third-order valence-electron chi connectivity index (χ3n) is 3.07. The molecule has 1 nitrogen and oxygen atoms in total. The molecule has 0 heterocycles. The monoisotopic (exact) mass is 186 g/mol. The second-order valence-corrected chi connectivity index (χ2v) is 3.91. The molecule has 0 saturated heterocycles. The van der Waals surface area contributed by atoms with Crippen molar-refractivity contribution >= 4 is 0 Å². The number of terminal acetylenes is 1. The summed E-state index contributed by atoms with van der Waals surface area (Å²) in [5.41, 5.74) is 0.647. The van der Waals surface area contributed by atoms with E-state index >= 15 is 0 Å². The highest BCUT2D eigenvalue weighted by molar-refractivity contribution is 5.37. The summed E-state index contributed by atoms with van der Waals surface area (Å²) in [6.07, 6.45) is 7.86. The largest absolute Gasteiger partial charge is 0.394 e. The van der Waals surface area contributed by atoms with Crippen molar-refractivity contribution in [2.45, 2.75) is 18.3 Å². The molecule has 1 aromatic carbocycles. The quantitative estimate of drug-likeness (QED) is 0.715. The molecular weight excluding hydrogens is 172 g/mol. The van der Waals surface area contributed by atoms with Crippen LogP contribution in [0.3, 0.4) is 0 Å². The number of aliphatic hydroxyl groups is 1. The summed E-state index contributed by atoms with van der Waals surface area (Å²) in [5.74, 6) is 3.27. The van der Waals surface area contributed by atoms with Crippen LogP contribution in [0.25, 0.3) is 0 Å². The van der Waals surface area contributed by atoms with E-state index < -0.39 is 5.41 Å². The molecule has 0 bridgehead atoms. The molecule has 1 fully saturated rings. The Balaban J connectivity index is 2.41. The Morgan fingerprint density at radius 1 is 1.36 bits per heavy atom. The Labute approximate surface area is 84.8 Å². The van der Waals surface area contributed by atoms with Gasteiger partial charge in [-0.25, -0.2) is 0 Å². The van der Waals surface area contributed by atoms with Crippen LogP contribution in [0.2, 0.25) is 0 Å². The third kappa shape index (κ3) is 1.32. The highest BCUT2D eigenvalue weighted by Gasteiger charge is 2.44. The zero-order chi connectivity index (χ0) is 10.0. The molecule has 0 aliphatic heterocycles. The van der Waals surface area contributed by atoms with Crippen LogP contribution in [0.15, 0.2) is 30.3 Å². The lowest BCUT2D eigenvalue weighted by atomic mass is 9.77. The summed E-state index contributed by atoms with van der Waals surface area (Å²) in [5, 5.41) is 9.50. The Morgan fingerprint density at radius 2 is 2.00 bits per heavy atom. The van der Waals surface area contributed by atoms with Crippen LogP contribution in [-0.2, 0) is 5.41 Å². The van der Waals surface area contributed by atoms with Crippen LogP contribution in [0.5, 0.6) is 0 Å². The molecular formula is C13H14O. The molecule has 0 radical (unpaired) electrons. The van der Waals surface area contributed by atoms with E-state index in [2.05, 4.69) is 5.92 Å². The summed E-state index contributed by atoms with van der Waals surface area (Å²) in [6.45, 7) is 0.0537. The first-order valence-corrected chi connectivity index (χ1v) is 4.97. The van der Waals surface area contributed by atoms with Crippen LogP contribution in [0, 0.1) is 18.3 Å². The smallest absolute Gasteiger partial charge is 0.0818 e. The molecule has 72 valence electrons. The van der Waals surface area contributed by atoms with Crippen molar-refractivity contribution in [2.75, 3.05) is 6.61 Å². The zero-order valence-electron chi connectivity index (χ0n) is 8.11. The first kappa shape index (κ1) is 9.30. The van der Waals surface area contributed by atoms with Gasteiger partial charge in [-0.15, -0.1) is 6.42 Å². The van der Waals surface area contributed by atoms with Gasteiger partial charge in [-0.2, -0.15) is 0 Å². The van der Waals surface area contributed by atoms with E-state index in [1.54, 1.807) is 0 Å². The lowest BCUT2D eigenvalue weighted by Gasteiger charge is -2.26. The van der Waals surface area contributed by atoms with Crippen molar-refractivity contribution in [3.63, 3.8) is 0 Å². The molecule has 0 amide bonds. The van der Waals surface area contributed by atoms with E-state index in [4.69, 9.17) is 6.42 Å². The second kappa shape index (κ2) is 3.48. The normalized spacial score (nSPS) is 19.7. The van der Waals surface area contributed by atoms with E-state index in [0.29, 0.717) is 5.92 Å². The van der Waals surface area contributed by atoms with Crippen molar-refractivity contribution in [3.8, 4) is 12.3 Å². The first-order chi connectivity index (χ1) is 6.83. The fourth-order valence-electron chi connectivity index (χ4n) is 2.01. The van der Waals surface area contributed by atoms with Crippen molar-refractivity contribution < 1.29 is 5.11 Å². The highest BCUT2D eigenvalue weighted by Crippen LogP contribution is 2.46. The fourth-order valence-corrected chi connectivity index (χ4v) is 2.01. The maximum atomic E-state index is 9.50. The number of rotatable bonds is 3. The molecule has 2 rings (SSSR count). The topological polar surface area (TPSA) is 20.2 Å². The fraction of sp³-hybridized carbons (Fsp3) is 0.385. The Morgan fingerprint density at radius 3 is 2.43 bits per heavy atom. The second-order valence-electron chi connectivity index (χ2n) is 3.91. The van der Waals surface area contributed by atoms with Gasteiger partial charge in [-0.1, -0.05) is 36.3 Å². The van der Waals surface area contributed by atoms with Crippen molar-refractivity contribution in [1.82, 2.24) is 0 Å². The molecule has 1 unspecified atom stereocenters. The van der Waals surface area contributed by atoms with Crippen LogP contribution in [0.4, 0.5) is 0 Å². The van der Waals surface area contributed by atoms with E-state index in [-0.39, 0.29) is 6.61 Å². The first-order valence-electron chi connectivity index (χ1n) is 4.97. The predicted octanol–water partition coefficient (Wildman–Crippen LogP) is 1.96. The molecule has 0 spiro atoms. The van der Waals surface area contributed by atoms with Crippen molar-refractivity contribution in [3.05, 3.63) is 35.9 Å². The van der Waals surface area contributed by atoms with Crippen LogP contribution in [0.1, 0.15) is 18.4 Å². The Hall–Kier alpha value is -1.26. The lowest BCUT2D eigenvalue weighted by Crippen LogP contribution is -2.31. The lowest BCUT2D eigenvalue weighted by molar-refractivity contribution is 0.214. The summed E-state index contributed by atoms with van der Waals surface area (Å²) >= 11 is 0. The molecule has 0 aromatic heterocycles. The molecule has 1 aromatic rings. The van der Waals surface area contributed by atoms with E-state index in [1.165, 1.54) is 0 Å². The van der Waals surface area contributed by atoms with Gasteiger partial charge in [0.15, 0.2) is 0 Å². The van der Waals surface area contributed by atoms with Gasteiger partial charge in [0.1, 0.15) is 0 Å². The van der Waals surface area contributed by atoms with E-state index in [0.717, 1.165) is 18.4 Å². The van der Waals surface area contributed by atoms with E-state index in [1.807, 2.05) is 30.3 Å². The van der Waals surface area contributed by atoms with Crippen LogP contribution in [-0.4, -0.2) is 11.7 Å². The standard InChI is InChI=1S/C13H14O/c1-2-13(10-14,12-8-9-12)11-6-4-3-5-7-11/h1,3-7,12,14H,8-10H2. The SMILES string of the molecule is C#CC(CO)(c1ccccc1)C1CC1. The molecule has 1 aliphatic rings. The Bertz CT molecular complexity index is 345. The molecule has 1 atom stereocenters. The molecule has 1 N–H and O–H groups in total. The number of hydrogen-bond donors (Lipinski definition) is 1. The summed E-state index contributed by atoms with van der Waals surface area (Å²) in [7, 11) is 0. The predicted molar refractivity (Wildman–Crippen MR) is 56.8 cm³/mol. The molecule has 1 saturated carbocycles. The average Bonchev–Trinajstić information content (AvgIpc) is 3.07. The summed E-state index contributed by atoms with van der Waals surface area (Å²) in [4.78, 5) is 0. The van der Waals surface area contributed by atoms with Crippen molar-refractivity contribution in [2.24, 2.45) is 5.92 Å². The average molecular weight is 186 g/mol. The number of benzene rings is 1.